The molecule has 0 fully saturated rings. The van der Waals surface area contributed by atoms with Crippen molar-refractivity contribution in [3.63, 3.8) is 0 Å². The predicted molar refractivity (Wildman–Crippen MR) is 86.5 cm³/mol. The summed E-state index contributed by atoms with van der Waals surface area (Å²) in [4.78, 5) is 6.46. The summed E-state index contributed by atoms with van der Waals surface area (Å²) in [5, 5.41) is 4.38. The highest BCUT2D eigenvalue weighted by Crippen LogP contribution is 2.38. The molecule has 0 saturated carbocycles. The van der Waals surface area contributed by atoms with Crippen molar-refractivity contribution in [2.24, 2.45) is 0 Å². The Hall–Kier alpha value is -2.46. The summed E-state index contributed by atoms with van der Waals surface area (Å²) >= 11 is 1.67. The maximum absolute atomic E-state index is 4.38. The van der Waals surface area contributed by atoms with Crippen LogP contribution in [-0.2, 0) is 0 Å². The maximum Gasteiger partial charge on any atom is 0.213 e. The second kappa shape index (κ2) is 4.82. The minimum absolute atomic E-state index is 0.921. The van der Waals surface area contributed by atoms with E-state index in [-0.39, 0.29) is 0 Å². The summed E-state index contributed by atoms with van der Waals surface area (Å²) in [5.41, 5.74) is 4.73. The summed E-state index contributed by atoms with van der Waals surface area (Å²) in [5.74, 6) is 0. The molecule has 2 heterocycles. The third-order valence-electron chi connectivity index (χ3n) is 3.50. The number of thiazole rings is 1. The van der Waals surface area contributed by atoms with E-state index < -0.39 is 0 Å². The lowest BCUT2D eigenvalue weighted by Crippen LogP contribution is -1.90. The van der Waals surface area contributed by atoms with Crippen LogP contribution in [0.4, 0.5) is 0 Å². The van der Waals surface area contributed by atoms with Gasteiger partial charge in [-0.3, -0.25) is 0 Å². The third-order valence-corrected chi connectivity index (χ3v) is 4.59. The van der Waals surface area contributed by atoms with Crippen LogP contribution >= 0.6 is 11.3 Å². The lowest BCUT2D eigenvalue weighted by Gasteiger charge is -2.05. The molecule has 3 nitrogen and oxygen atoms in total. The van der Waals surface area contributed by atoms with E-state index in [1.165, 1.54) is 16.0 Å². The molecular formula is C17H13N3S. The van der Waals surface area contributed by atoms with Crippen molar-refractivity contribution in [1.82, 2.24) is 14.6 Å². The molecule has 0 N–H and O–H groups in total. The SMILES string of the molecule is Cc1ccc(-c2c(-c3ccccc3)sc3ncnn23)cc1. The Balaban J connectivity index is 2.01. The Bertz CT molecular complexity index is 889. The van der Waals surface area contributed by atoms with Crippen LogP contribution in [0.2, 0.25) is 0 Å². The van der Waals surface area contributed by atoms with Gasteiger partial charge >= 0.3 is 0 Å². The molecular weight excluding hydrogens is 278 g/mol. The molecule has 2 aromatic heterocycles. The van der Waals surface area contributed by atoms with Gasteiger partial charge in [-0.1, -0.05) is 71.5 Å². The Morgan fingerprint density at radius 3 is 2.43 bits per heavy atom. The zero-order chi connectivity index (χ0) is 14.2. The number of aromatic nitrogens is 3. The first-order chi connectivity index (χ1) is 10.3. The van der Waals surface area contributed by atoms with Gasteiger partial charge in [-0.05, 0) is 12.5 Å². The van der Waals surface area contributed by atoms with E-state index in [9.17, 15) is 0 Å². The van der Waals surface area contributed by atoms with Crippen LogP contribution in [0.3, 0.4) is 0 Å². The highest BCUT2D eigenvalue weighted by atomic mass is 32.1. The lowest BCUT2D eigenvalue weighted by molar-refractivity contribution is 0.985. The van der Waals surface area contributed by atoms with Gasteiger partial charge in [0.1, 0.15) is 6.33 Å². The number of fused-ring (bicyclic) bond motifs is 1. The summed E-state index contributed by atoms with van der Waals surface area (Å²) < 4.78 is 1.93. The fourth-order valence-electron chi connectivity index (χ4n) is 2.44. The minimum Gasteiger partial charge on any atom is -0.206 e. The number of nitrogens with zero attached hydrogens (tertiary/aromatic N) is 3. The third kappa shape index (κ3) is 2.04. The Labute approximate surface area is 126 Å². The number of benzene rings is 2. The lowest BCUT2D eigenvalue weighted by atomic mass is 10.1. The van der Waals surface area contributed by atoms with Crippen molar-refractivity contribution < 1.29 is 0 Å². The van der Waals surface area contributed by atoms with E-state index in [2.05, 4.69) is 65.5 Å². The van der Waals surface area contributed by atoms with Crippen LogP contribution in [0.15, 0.2) is 60.9 Å². The fraction of sp³-hybridized carbons (Fsp3) is 0.0588. The molecule has 0 aliphatic carbocycles. The van der Waals surface area contributed by atoms with E-state index in [4.69, 9.17) is 0 Å². The van der Waals surface area contributed by atoms with Gasteiger partial charge in [0.2, 0.25) is 4.96 Å². The molecule has 0 radical (unpaired) electrons. The van der Waals surface area contributed by atoms with Crippen molar-refractivity contribution in [3.8, 4) is 21.7 Å². The number of aryl methyl sites for hydroxylation is 1. The largest absolute Gasteiger partial charge is 0.213 e. The van der Waals surface area contributed by atoms with Crippen LogP contribution in [-0.4, -0.2) is 14.6 Å². The summed E-state index contributed by atoms with van der Waals surface area (Å²) in [7, 11) is 0. The van der Waals surface area contributed by atoms with Gasteiger partial charge in [-0.2, -0.15) is 5.10 Å². The first-order valence-corrected chi connectivity index (χ1v) is 7.59. The molecule has 0 aliphatic heterocycles. The molecule has 4 rings (SSSR count). The molecule has 4 aromatic rings. The molecule has 0 unspecified atom stereocenters. The van der Waals surface area contributed by atoms with Crippen LogP contribution in [0.5, 0.6) is 0 Å². The quantitative estimate of drug-likeness (QED) is 0.547. The van der Waals surface area contributed by atoms with E-state index in [1.807, 2.05) is 10.6 Å². The second-order valence-electron chi connectivity index (χ2n) is 4.97. The molecule has 4 heteroatoms. The molecule has 0 saturated heterocycles. The van der Waals surface area contributed by atoms with Crippen LogP contribution in [0.25, 0.3) is 26.7 Å². The number of hydrogen-bond donors (Lipinski definition) is 0. The van der Waals surface area contributed by atoms with Gasteiger partial charge in [0.15, 0.2) is 0 Å². The normalized spacial score (nSPS) is 11.1. The monoisotopic (exact) mass is 291 g/mol. The zero-order valence-corrected chi connectivity index (χ0v) is 12.3. The number of hydrogen-bond acceptors (Lipinski definition) is 3. The van der Waals surface area contributed by atoms with Gasteiger partial charge in [-0.25, -0.2) is 9.50 Å². The minimum atomic E-state index is 0.921. The van der Waals surface area contributed by atoms with Crippen LogP contribution < -0.4 is 0 Å². The van der Waals surface area contributed by atoms with Crippen molar-refractivity contribution in [2.75, 3.05) is 0 Å². The Morgan fingerprint density at radius 2 is 1.67 bits per heavy atom. The average Bonchev–Trinajstić information content (AvgIpc) is 3.10. The molecule has 2 aromatic carbocycles. The van der Waals surface area contributed by atoms with Crippen molar-refractivity contribution in [1.29, 1.82) is 0 Å². The fourth-order valence-corrected chi connectivity index (χ4v) is 3.50. The maximum atomic E-state index is 4.38. The van der Waals surface area contributed by atoms with Crippen LogP contribution in [0.1, 0.15) is 5.56 Å². The molecule has 0 aliphatic rings. The first-order valence-electron chi connectivity index (χ1n) is 6.78. The van der Waals surface area contributed by atoms with E-state index in [0.29, 0.717) is 0 Å². The first kappa shape index (κ1) is 12.3. The zero-order valence-electron chi connectivity index (χ0n) is 11.5. The van der Waals surface area contributed by atoms with Gasteiger partial charge in [0, 0.05) is 5.56 Å². The van der Waals surface area contributed by atoms with Gasteiger partial charge in [0.25, 0.3) is 0 Å². The molecule has 0 bridgehead atoms. The molecule has 102 valence electrons. The molecule has 0 spiro atoms. The van der Waals surface area contributed by atoms with E-state index >= 15 is 0 Å². The summed E-state index contributed by atoms with van der Waals surface area (Å²) in [6.45, 7) is 2.10. The van der Waals surface area contributed by atoms with Gasteiger partial charge < -0.3 is 0 Å². The van der Waals surface area contributed by atoms with Crippen molar-refractivity contribution in [3.05, 3.63) is 66.5 Å². The number of rotatable bonds is 2. The van der Waals surface area contributed by atoms with E-state index in [1.54, 1.807) is 17.7 Å². The highest BCUT2D eigenvalue weighted by Gasteiger charge is 2.16. The second-order valence-corrected chi connectivity index (χ2v) is 5.94. The molecule has 21 heavy (non-hydrogen) atoms. The summed E-state index contributed by atoms with van der Waals surface area (Å²) in [6, 6.07) is 19.0. The summed E-state index contributed by atoms with van der Waals surface area (Å²) in [6.07, 6.45) is 1.61. The average molecular weight is 291 g/mol. The highest BCUT2D eigenvalue weighted by molar-refractivity contribution is 7.20. The van der Waals surface area contributed by atoms with Gasteiger partial charge in [-0.15, -0.1) is 0 Å². The smallest absolute Gasteiger partial charge is 0.206 e. The molecule has 0 amide bonds. The van der Waals surface area contributed by atoms with Crippen LogP contribution in [0, 0.1) is 6.92 Å². The van der Waals surface area contributed by atoms with Crippen molar-refractivity contribution >= 4 is 16.3 Å². The van der Waals surface area contributed by atoms with E-state index in [0.717, 1.165) is 16.2 Å². The Morgan fingerprint density at radius 1 is 0.905 bits per heavy atom. The van der Waals surface area contributed by atoms with Crippen molar-refractivity contribution in [2.45, 2.75) is 6.92 Å². The Kier molecular flexibility index (Phi) is 2.82. The topological polar surface area (TPSA) is 30.2 Å². The van der Waals surface area contributed by atoms with Gasteiger partial charge in [0.05, 0.1) is 10.6 Å². The molecule has 0 atom stereocenters. The predicted octanol–water partition coefficient (Wildman–Crippen LogP) is 4.43. The standard InChI is InChI=1S/C17H13N3S/c1-12-7-9-13(10-8-12)15-16(14-5-3-2-4-6-14)21-17-18-11-19-20(15)17/h2-11H,1H3.